The fourth-order valence-corrected chi connectivity index (χ4v) is 3.04. The molecule has 2 nitrogen and oxygen atoms in total. The Morgan fingerprint density at radius 2 is 2.17 bits per heavy atom. The molecule has 1 aliphatic carbocycles. The van der Waals surface area contributed by atoms with Crippen molar-refractivity contribution in [3.63, 3.8) is 0 Å². The maximum absolute atomic E-state index is 12.3. The van der Waals surface area contributed by atoms with Crippen LogP contribution in [-0.4, -0.2) is 11.9 Å². The van der Waals surface area contributed by atoms with Gasteiger partial charge in [0.1, 0.15) is 0 Å². The highest BCUT2D eigenvalue weighted by Crippen LogP contribution is 2.37. The zero-order valence-corrected chi connectivity index (χ0v) is 12.8. The van der Waals surface area contributed by atoms with Crippen molar-refractivity contribution in [2.75, 3.05) is 0 Å². The number of carbonyl (C=O) groups is 1. The normalized spacial score (nSPS) is 21.9. The summed E-state index contributed by atoms with van der Waals surface area (Å²) in [5.74, 6) is 0.0523. The summed E-state index contributed by atoms with van der Waals surface area (Å²) in [7, 11) is 0. The first-order valence-corrected chi connectivity index (χ1v) is 7.24. The van der Waals surface area contributed by atoms with Crippen LogP contribution in [0.25, 0.3) is 0 Å². The smallest absolute Gasteiger partial charge is 0.251 e. The maximum Gasteiger partial charge on any atom is 0.251 e. The molecular weight excluding hydrogens is 290 g/mol. The predicted octanol–water partition coefficient (Wildman–Crippen LogP) is 4.07. The number of benzene rings is 1. The van der Waals surface area contributed by atoms with Gasteiger partial charge in [-0.05, 0) is 49.3 Å². The van der Waals surface area contributed by atoms with Crippen molar-refractivity contribution in [2.45, 2.75) is 46.1 Å². The second-order valence-electron chi connectivity index (χ2n) is 5.99. The van der Waals surface area contributed by atoms with E-state index in [4.69, 9.17) is 0 Å². The van der Waals surface area contributed by atoms with Crippen molar-refractivity contribution in [3.8, 4) is 0 Å². The van der Waals surface area contributed by atoms with Gasteiger partial charge in [0.25, 0.3) is 5.91 Å². The largest absolute Gasteiger partial charge is 0.349 e. The van der Waals surface area contributed by atoms with E-state index < -0.39 is 0 Å². The van der Waals surface area contributed by atoms with Crippen LogP contribution < -0.4 is 5.32 Å². The number of hydrogen-bond acceptors (Lipinski definition) is 1. The van der Waals surface area contributed by atoms with Crippen molar-refractivity contribution >= 4 is 21.8 Å². The first-order valence-electron chi connectivity index (χ1n) is 6.45. The maximum atomic E-state index is 12.3. The van der Waals surface area contributed by atoms with Gasteiger partial charge in [-0.15, -0.1) is 0 Å². The van der Waals surface area contributed by atoms with Crippen molar-refractivity contribution in [1.29, 1.82) is 0 Å². The molecule has 98 valence electrons. The molecule has 1 atom stereocenters. The lowest BCUT2D eigenvalue weighted by Gasteiger charge is -2.18. The molecule has 0 aromatic heterocycles. The average Bonchev–Trinajstić information content (AvgIpc) is 2.62. The highest BCUT2D eigenvalue weighted by Gasteiger charge is 2.31. The molecule has 0 heterocycles. The molecule has 3 heteroatoms. The third kappa shape index (κ3) is 2.94. The first kappa shape index (κ1) is 13.6. The minimum atomic E-state index is 0.0523. The summed E-state index contributed by atoms with van der Waals surface area (Å²) in [6.45, 7) is 6.50. The highest BCUT2D eigenvalue weighted by molar-refractivity contribution is 9.10. The van der Waals surface area contributed by atoms with E-state index in [0.717, 1.165) is 28.4 Å². The number of halogens is 1. The third-order valence-electron chi connectivity index (χ3n) is 3.82. The SMILES string of the molecule is Cc1c(Br)cccc1C(=O)NC1CCC(C)(C)C1. The molecule has 0 aliphatic heterocycles. The first-order chi connectivity index (χ1) is 8.39. The van der Waals surface area contributed by atoms with Gasteiger partial charge in [0.2, 0.25) is 0 Å². The Morgan fingerprint density at radius 1 is 1.44 bits per heavy atom. The summed E-state index contributed by atoms with van der Waals surface area (Å²) >= 11 is 3.47. The fourth-order valence-electron chi connectivity index (χ4n) is 2.68. The van der Waals surface area contributed by atoms with Gasteiger partial charge in [0.05, 0.1) is 0 Å². The third-order valence-corrected chi connectivity index (χ3v) is 4.68. The molecule has 1 amide bonds. The average molecular weight is 310 g/mol. The molecule has 0 bridgehead atoms. The Hall–Kier alpha value is -0.830. The van der Waals surface area contributed by atoms with Gasteiger partial charge in [-0.25, -0.2) is 0 Å². The number of hydrogen-bond donors (Lipinski definition) is 1. The molecule has 2 rings (SSSR count). The van der Waals surface area contributed by atoms with E-state index in [1.807, 2.05) is 25.1 Å². The summed E-state index contributed by atoms with van der Waals surface area (Å²) in [5, 5.41) is 3.16. The molecule has 0 radical (unpaired) electrons. The van der Waals surface area contributed by atoms with Crippen LogP contribution in [0.3, 0.4) is 0 Å². The molecule has 1 unspecified atom stereocenters. The van der Waals surface area contributed by atoms with E-state index in [1.54, 1.807) is 0 Å². The second kappa shape index (κ2) is 5.04. The van der Waals surface area contributed by atoms with Crippen LogP contribution in [0, 0.1) is 12.3 Å². The number of rotatable bonds is 2. The van der Waals surface area contributed by atoms with E-state index in [1.165, 1.54) is 6.42 Å². The van der Waals surface area contributed by atoms with Crippen molar-refractivity contribution in [2.24, 2.45) is 5.41 Å². The molecule has 18 heavy (non-hydrogen) atoms. The quantitative estimate of drug-likeness (QED) is 0.876. The summed E-state index contributed by atoms with van der Waals surface area (Å²) in [4.78, 5) is 12.3. The molecule has 1 aromatic carbocycles. The lowest BCUT2D eigenvalue weighted by atomic mass is 9.92. The Bertz CT molecular complexity index is 468. The Balaban J connectivity index is 2.07. The molecule has 1 saturated carbocycles. The van der Waals surface area contributed by atoms with Crippen molar-refractivity contribution in [1.82, 2.24) is 5.32 Å². The van der Waals surface area contributed by atoms with E-state index in [2.05, 4.69) is 35.1 Å². The molecule has 1 aliphatic rings. The molecule has 1 N–H and O–H groups in total. The van der Waals surface area contributed by atoms with Gasteiger partial charge in [0, 0.05) is 16.1 Å². The Kier molecular flexibility index (Phi) is 3.81. The van der Waals surface area contributed by atoms with Gasteiger partial charge in [-0.1, -0.05) is 35.8 Å². The van der Waals surface area contributed by atoms with Crippen LogP contribution in [0.5, 0.6) is 0 Å². The van der Waals surface area contributed by atoms with Crippen LogP contribution in [0.2, 0.25) is 0 Å². The summed E-state index contributed by atoms with van der Waals surface area (Å²) in [6, 6.07) is 6.08. The number of nitrogens with one attached hydrogen (secondary N) is 1. The lowest BCUT2D eigenvalue weighted by Crippen LogP contribution is -2.33. The van der Waals surface area contributed by atoms with Crippen molar-refractivity contribution < 1.29 is 4.79 Å². The number of amides is 1. The minimum Gasteiger partial charge on any atom is -0.349 e. The zero-order valence-electron chi connectivity index (χ0n) is 11.2. The standard InChI is InChI=1S/C15H20BrNO/c1-10-12(5-4-6-13(10)16)14(18)17-11-7-8-15(2,3)9-11/h4-6,11H,7-9H2,1-3H3,(H,17,18). The molecular formula is C15H20BrNO. The summed E-state index contributed by atoms with van der Waals surface area (Å²) < 4.78 is 0.988. The second-order valence-corrected chi connectivity index (χ2v) is 6.84. The predicted molar refractivity (Wildman–Crippen MR) is 77.8 cm³/mol. The van der Waals surface area contributed by atoms with Crippen molar-refractivity contribution in [3.05, 3.63) is 33.8 Å². The molecule has 1 fully saturated rings. The minimum absolute atomic E-state index is 0.0523. The van der Waals surface area contributed by atoms with Gasteiger partial charge in [0.15, 0.2) is 0 Å². The monoisotopic (exact) mass is 309 g/mol. The van der Waals surface area contributed by atoms with Gasteiger partial charge < -0.3 is 5.32 Å². The Morgan fingerprint density at radius 3 is 2.78 bits per heavy atom. The molecule has 0 spiro atoms. The summed E-state index contributed by atoms with van der Waals surface area (Å²) in [6.07, 6.45) is 3.35. The van der Waals surface area contributed by atoms with E-state index in [-0.39, 0.29) is 5.91 Å². The zero-order chi connectivity index (χ0) is 13.3. The van der Waals surface area contributed by atoms with E-state index in [9.17, 15) is 4.79 Å². The van der Waals surface area contributed by atoms with Crippen LogP contribution in [0.4, 0.5) is 0 Å². The van der Waals surface area contributed by atoms with Crippen LogP contribution in [-0.2, 0) is 0 Å². The van der Waals surface area contributed by atoms with Gasteiger partial charge in [-0.3, -0.25) is 4.79 Å². The van der Waals surface area contributed by atoms with E-state index in [0.29, 0.717) is 11.5 Å². The number of carbonyl (C=O) groups excluding carboxylic acids is 1. The summed E-state index contributed by atoms with van der Waals surface area (Å²) in [5.41, 5.74) is 2.14. The van der Waals surface area contributed by atoms with Crippen LogP contribution >= 0.6 is 15.9 Å². The fraction of sp³-hybridized carbons (Fsp3) is 0.533. The lowest BCUT2D eigenvalue weighted by molar-refractivity contribution is 0.0935. The Labute approximate surface area is 117 Å². The van der Waals surface area contributed by atoms with Crippen LogP contribution in [0.1, 0.15) is 49.0 Å². The molecule has 1 aromatic rings. The van der Waals surface area contributed by atoms with E-state index >= 15 is 0 Å². The van der Waals surface area contributed by atoms with Crippen LogP contribution in [0.15, 0.2) is 22.7 Å². The van der Waals surface area contributed by atoms with Gasteiger partial charge in [-0.2, -0.15) is 0 Å². The topological polar surface area (TPSA) is 29.1 Å². The van der Waals surface area contributed by atoms with Gasteiger partial charge >= 0.3 is 0 Å². The highest BCUT2D eigenvalue weighted by atomic mass is 79.9. The molecule has 0 saturated heterocycles.